The van der Waals surface area contributed by atoms with Gasteiger partial charge in [0, 0.05) is 12.1 Å². The maximum Gasteiger partial charge on any atom is 0.141 e. The SMILES string of the molecule is CCn1c(-c2ccccc2-c2ccccc2)nc2ccccc21. The molecule has 1 heterocycles. The molecule has 0 spiro atoms. The fourth-order valence-corrected chi connectivity index (χ4v) is 3.15. The molecule has 0 bridgehead atoms. The van der Waals surface area contributed by atoms with Gasteiger partial charge in [0.25, 0.3) is 0 Å². The summed E-state index contributed by atoms with van der Waals surface area (Å²) < 4.78 is 2.29. The molecule has 2 nitrogen and oxygen atoms in total. The average molecular weight is 298 g/mol. The highest BCUT2D eigenvalue weighted by molar-refractivity contribution is 5.86. The van der Waals surface area contributed by atoms with Crippen LogP contribution in [0.1, 0.15) is 6.92 Å². The lowest BCUT2D eigenvalue weighted by atomic mass is 9.99. The number of rotatable bonds is 3. The van der Waals surface area contributed by atoms with Gasteiger partial charge < -0.3 is 4.57 Å². The molecule has 0 radical (unpaired) electrons. The number of hydrogen-bond donors (Lipinski definition) is 0. The molecule has 112 valence electrons. The van der Waals surface area contributed by atoms with Crippen LogP contribution in [-0.2, 0) is 6.54 Å². The van der Waals surface area contributed by atoms with Crippen molar-refractivity contribution < 1.29 is 0 Å². The van der Waals surface area contributed by atoms with Crippen molar-refractivity contribution in [3.8, 4) is 22.5 Å². The molecule has 0 saturated carbocycles. The van der Waals surface area contributed by atoms with Crippen LogP contribution in [0.4, 0.5) is 0 Å². The Morgan fingerprint density at radius 2 is 1.39 bits per heavy atom. The standard InChI is InChI=1S/C21H18N2/c1-2-23-20-15-9-8-14-19(20)22-21(23)18-13-7-6-12-17(18)16-10-4-3-5-11-16/h3-15H,2H2,1H3. The molecule has 23 heavy (non-hydrogen) atoms. The summed E-state index contributed by atoms with van der Waals surface area (Å²) in [7, 11) is 0. The van der Waals surface area contributed by atoms with E-state index in [1.54, 1.807) is 0 Å². The molecule has 0 fully saturated rings. The predicted octanol–water partition coefficient (Wildman–Crippen LogP) is 5.39. The maximum atomic E-state index is 4.90. The number of nitrogens with zero attached hydrogens (tertiary/aromatic N) is 2. The Hall–Kier alpha value is -2.87. The van der Waals surface area contributed by atoms with Crippen LogP contribution in [0.15, 0.2) is 78.9 Å². The van der Waals surface area contributed by atoms with Crippen molar-refractivity contribution in [1.82, 2.24) is 9.55 Å². The molecule has 0 atom stereocenters. The lowest BCUT2D eigenvalue weighted by Gasteiger charge is -2.11. The van der Waals surface area contributed by atoms with Gasteiger partial charge in [0.05, 0.1) is 11.0 Å². The molecular weight excluding hydrogens is 280 g/mol. The number of aryl methyl sites for hydroxylation is 1. The van der Waals surface area contributed by atoms with Crippen molar-refractivity contribution in [1.29, 1.82) is 0 Å². The van der Waals surface area contributed by atoms with Crippen LogP contribution in [-0.4, -0.2) is 9.55 Å². The Labute approximate surface area is 136 Å². The van der Waals surface area contributed by atoms with Gasteiger partial charge in [-0.15, -0.1) is 0 Å². The Morgan fingerprint density at radius 3 is 2.17 bits per heavy atom. The Bertz CT molecular complexity index is 952. The van der Waals surface area contributed by atoms with Gasteiger partial charge in [0.1, 0.15) is 5.82 Å². The van der Waals surface area contributed by atoms with E-state index in [1.165, 1.54) is 22.2 Å². The average Bonchev–Trinajstić information content (AvgIpc) is 3.01. The monoisotopic (exact) mass is 298 g/mol. The number of para-hydroxylation sites is 2. The first kappa shape index (κ1) is 13.8. The fourth-order valence-electron chi connectivity index (χ4n) is 3.15. The third-order valence-electron chi connectivity index (χ3n) is 4.22. The molecule has 0 aliphatic carbocycles. The Kier molecular flexibility index (Phi) is 3.43. The first-order valence-electron chi connectivity index (χ1n) is 7.98. The minimum absolute atomic E-state index is 0.902. The van der Waals surface area contributed by atoms with Crippen LogP contribution < -0.4 is 0 Å². The first-order valence-corrected chi connectivity index (χ1v) is 7.98. The summed E-state index contributed by atoms with van der Waals surface area (Å²) in [5.74, 6) is 1.04. The molecule has 0 aliphatic rings. The van der Waals surface area contributed by atoms with E-state index in [0.717, 1.165) is 17.9 Å². The van der Waals surface area contributed by atoms with Gasteiger partial charge in [-0.3, -0.25) is 0 Å². The van der Waals surface area contributed by atoms with Crippen LogP contribution in [0, 0.1) is 0 Å². The smallest absolute Gasteiger partial charge is 0.141 e. The van der Waals surface area contributed by atoms with Crippen LogP contribution >= 0.6 is 0 Å². The van der Waals surface area contributed by atoms with E-state index >= 15 is 0 Å². The normalized spacial score (nSPS) is 11.0. The maximum absolute atomic E-state index is 4.90. The summed E-state index contributed by atoms with van der Waals surface area (Å²) in [5.41, 5.74) is 5.85. The Morgan fingerprint density at radius 1 is 0.739 bits per heavy atom. The lowest BCUT2D eigenvalue weighted by molar-refractivity contribution is 0.796. The number of imidazole rings is 1. The van der Waals surface area contributed by atoms with E-state index in [0.29, 0.717) is 0 Å². The summed E-state index contributed by atoms with van der Waals surface area (Å²) in [6.45, 7) is 3.07. The molecular formula is C21H18N2. The number of aromatic nitrogens is 2. The van der Waals surface area contributed by atoms with Gasteiger partial charge in [-0.2, -0.15) is 0 Å². The summed E-state index contributed by atoms with van der Waals surface area (Å²) in [6, 6.07) is 27.3. The summed E-state index contributed by atoms with van der Waals surface area (Å²) >= 11 is 0. The summed E-state index contributed by atoms with van der Waals surface area (Å²) in [4.78, 5) is 4.90. The van der Waals surface area contributed by atoms with E-state index in [-0.39, 0.29) is 0 Å². The largest absolute Gasteiger partial charge is 0.324 e. The topological polar surface area (TPSA) is 17.8 Å². The first-order chi connectivity index (χ1) is 11.4. The molecule has 2 heteroatoms. The molecule has 0 saturated heterocycles. The zero-order valence-corrected chi connectivity index (χ0v) is 13.1. The summed E-state index contributed by atoms with van der Waals surface area (Å²) in [5, 5.41) is 0. The second kappa shape index (κ2) is 5.73. The van der Waals surface area contributed by atoms with Crippen LogP contribution in [0.25, 0.3) is 33.5 Å². The summed E-state index contributed by atoms with van der Waals surface area (Å²) in [6.07, 6.45) is 0. The van der Waals surface area contributed by atoms with E-state index in [2.05, 4.69) is 78.2 Å². The fraction of sp³-hybridized carbons (Fsp3) is 0.0952. The van der Waals surface area contributed by atoms with Gasteiger partial charge in [-0.1, -0.05) is 66.7 Å². The molecule has 3 aromatic carbocycles. The van der Waals surface area contributed by atoms with Gasteiger partial charge in [0.2, 0.25) is 0 Å². The molecule has 4 aromatic rings. The van der Waals surface area contributed by atoms with E-state index in [1.807, 2.05) is 12.1 Å². The molecule has 0 amide bonds. The van der Waals surface area contributed by atoms with Crippen molar-refractivity contribution in [2.45, 2.75) is 13.5 Å². The van der Waals surface area contributed by atoms with Gasteiger partial charge in [0.15, 0.2) is 0 Å². The van der Waals surface area contributed by atoms with Gasteiger partial charge >= 0.3 is 0 Å². The number of benzene rings is 3. The second-order valence-corrected chi connectivity index (χ2v) is 5.58. The zero-order chi connectivity index (χ0) is 15.6. The minimum Gasteiger partial charge on any atom is -0.324 e. The minimum atomic E-state index is 0.902. The third kappa shape index (κ3) is 2.33. The van der Waals surface area contributed by atoms with Gasteiger partial charge in [-0.25, -0.2) is 4.98 Å². The van der Waals surface area contributed by atoms with Crippen molar-refractivity contribution >= 4 is 11.0 Å². The predicted molar refractivity (Wildman–Crippen MR) is 96.3 cm³/mol. The van der Waals surface area contributed by atoms with Crippen molar-refractivity contribution in [3.63, 3.8) is 0 Å². The highest BCUT2D eigenvalue weighted by atomic mass is 15.1. The van der Waals surface area contributed by atoms with Crippen molar-refractivity contribution in [2.75, 3.05) is 0 Å². The molecule has 0 aliphatic heterocycles. The van der Waals surface area contributed by atoms with E-state index in [4.69, 9.17) is 4.98 Å². The van der Waals surface area contributed by atoms with E-state index < -0.39 is 0 Å². The van der Waals surface area contributed by atoms with Crippen LogP contribution in [0.3, 0.4) is 0 Å². The third-order valence-corrected chi connectivity index (χ3v) is 4.22. The quantitative estimate of drug-likeness (QED) is 0.496. The van der Waals surface area contributed by atoms with Gasteiger partial charge in [-0.05, 0) is 30.2 Å². The highest BCUT2D eigenvalue weighted by Gasteiger charge is 2.14. The highest BCUT2D eigenvalue weighted by Crippen LogP contribution is 2.33. The number of fused-ring (bicyclic) bond motifs is 1. The second-order valence-electron chi connectivity index (χ2n) is 5.58. The Balaban J connectivity index is 1.99. The molecule has 4 rings (SSSR count). The van der Waals surface area contributed by atoms with Crippen molar-refractivity contribution in [3.05, 3.63) is 78.9 Å². The van der Waals surface area contributed by atoms with Crippen LogP contribution in [0.5, 0.6) is 0 Å². The lowest BCUT2D eigenvalue weighted by Crippen LogP contribution is -1.98. The van der Waals surface area contributed by atoms with E-state index in [9.17, 15) is 0 Å². The number of hydrogen-bond acceptors (Lipinski definition) is 1. The molecule has 1 aromatic heterocycles. The van der Waals surface area contributed by atoms with Crippen molar-refractivity contribution in [2.24, 2.45) is 0 Å². The molecule has 0 unspecified atom stereocenters. The zero-order valence-electron chi connectivity index (χ0n) is 13.1. The molecule has 0 N–H and O–H groups in total. The van der Waals surface area contributed by atoms with Crippen LogP contribution in [0.2, 0.25) is 0 Å².